The van der Waals surface area contributed by atoms with Crippen molar-refractivity contribution in [2.75, 3.05) is 25.6 Å². The van der Waals surface area contributed by atoms with Crippen LogP contribution in [-0.4, -0.2) is 38.5 Å². The molecule has 0 bridgehead atoms. The molecule has 0 aliphatic carbocycles. The lowest BCUT2D eigenvalue weighted by molar-refractivity contribution is 0.0409. The average molecular weight is 274 g/mol. The van der Waals surface area contributed by atoms with Crippen LogP contribution >= 0.6 is 0 Å². The highest BCUT2D eigenvalue weighted by Crippen LogP contribution is 2.00. The van der Waals surface area contributed by atoms with Crippen molar-refractivity contribution in [3.8, 4) is 0 Å². The van der Waals surface area contributed by atoms with E-state index in [0.29, 0.717) is 26.4 Å². The Morgan fingerprint density at radius 2 is 1.67 bits per heavy atom. The van der Waals surface area contributed by atoms with Gasteiger partial charge < -0.3 is 9.47 Å². The van der Waals surface area contributed by atoms with Gasteiger partial charge in [0.1, 0.15) is 0 Å². The van der Waals surface area contributed by atoms with Crippen molar-refractivity contribution in [1.82, 2.24) is 0 Å². The summed E-state index contributed by atoms with van der Waals surface area (Å²) in [6, 6.07) is 9.80. The number of rotatable bonds is 9. The maximum absolute atomic E-state index is 10.4. The van der Waals surface area contributed by atoms with Crippen LogP contribution < -0.4 is 0 Å². The van der Waals surface area contributed by atoms with E-state index in [1.54, 1.807) is 0 Å². The van der Waals surface area contributed by atoms with Gasteiger partial charge in [0.25, 0.3) is 10.1 Å². The van der Waals surface area contributed by atoms with Crippen LogP contribution in [0.5, 0.6) is 0 Å². The Balaban J connectivity index is 1.93. The Kier molecular flexibility index (Phi) is 6.89. The summed E-state index contributed by atoms with van der Waals surface area (Å²) in [5.41, 5.74) is 1.10. The lowest BCUT2D eigenvalue weighted by Crippen LogP contribution is -2.09. The Hall–Kier alpha value is -0.950. The van der Waals surface area contributed by atoms with Gasteiger partial charge in [-0.05, 0) is 12.0 Å². The highest BCUT2D eigenvalue weighted by atomic mass is 32.2. The summed E-state index contributed by atoms with van der Waals surface area (Å²) in [5, 5.41) is 0. The summed E-state index contributed by atoms with van der Waals surface area (Å²) in [4.78, 5) is 0. The minimum Gasteiger partial charge on any atom is -0.379 e. The van der Waals surface area contributed by atoms with Crippen molar-refractivity contribution in [2.24, 2.45) is 0 Å². The molecule has 0 unspecified atom stereocenters. The molecule has 0 aliphatic rings. The minimum atomic E-state index is -3.87. The first-order chi connectivity index (χ1) is 8.58. The molecule has 0 heterocycles. The molecule has 5 nitrogen and oxygen atoms in total. The zero-order valence-corrected chi connectivity index (χ0v) is 10.9. The molecule has 1 aromatic carbocycles. The molecule has 0 aliphatic heterocycles. The molecule has 0 spiro atoms. The quantitative estimate of drug-likeness (QED) is 0.545. The lowest BCUT2D eigenvalue weighted by atomic mass is 10.2. The van der Waals surface area contributed by atoms with Crippen LogP contribution in [0.2, 0.25) is 0 Å². The molecule has 102 valence electrons. The molecule has 0 saturated carbocycles. The maximum Gasteiger partial charge on any atom is 0.264 e. The molecular weight excluding hydrogens is 256 g/mol. The molecule has 0 radical (unpaired) electrons. The maximum atomic E-state index is 10.4. The van der Waals surface area contributed by atoms with E-state index in [1.165, 1.54) is 0 Å². The van der Waals surface area contributed by atoms with Gasteiger partial charge in [0.05, 0.1) is 25.6 Å². The van der Waals surface area contributed by atoms with Crippen molar-refractivity contribution in [3.63, 3.8) is 0 Å². The molecule has 1 rings (SSSR count). The second-order valence-corrected chi connectivity index (χ2v) is 5.36. The fraction of sp³-hybridized carbons (Fsp3) is 0.500. The summed E-state index contributed by atoms with van der Waals surface area (Å²) in [6.45, 7) is 1.71. The molecule has 1 N–H and O–H groups in total. The van der Waals surface area contributed by atoms with Crippen LogP contribution in [0.1, 0.15) is 12.0 Å². The summed E-state index contributed by atoms with van der Waals surface area (Å²) in [7, 11) is -3.87. The van der Waals surface area contributed by atoms with Crippen LogP contribution in [0.25, 0.3) is 0 Å². The predicted octanol–water partition coefficient (Wildman–Crippen LogP) is 1.50. The van der Waals surface area contributed by atoms with Crippen LogP contribution in [-0.2, 0) is 26.2 Å². The molecule has 0 saturated heterocycles. The molecular formula is C12H18O5S. The van der Waals surface area contributed by atoms with Crippen LogP contribution in [0.15, 0.2) is 30.3 Å². The van der Waals surface area contributed by atoms with Crippen molar-refractivity contribution in [1.29, 1.82) is 0 Å². The first-order valence-corrected chi connectivity index (χ1v) is 7.33. The van der Waals surface area contributed by atoms with Gasteiger partial charge >= 0.3 is 0 Å². The van der Waals surface area contributed by atoms with Gasteiger partial charge in [-0.3, -0.25) is 4.55 Å². The molecule has 0 fully saturated rings. The highest BCUT2D eigenvalue weighted by Gasteiger charge is 2.02. The van der Waals surface area contributed by atoms with Crippen molar-refractivity contribution < 1.29 is 22.4 Å². The standard InChI is InChI=1S/C12H18O5S/c13-18(14,15)10-4-7-16-8-9-17-11-12-5-2-1-3-6-12/h1-3,5-6H,4,7-11H2,(H,13,14,15). The van der Waals surface area contributed by atoms with Crippen LogP contribution in [0, 0.1) is 0 Å². The van der Waals surface area contributed by atoms with E-state index in [0.717, 1.165) is 5.56 Å². The third-order valence-corrected chi connectivity index (χ3v) is 2.98. The van der Waals surface area contributed by atoms with Gasteiger partial charge in [0, 0.05) is 6.61 Å². The average Bonchev–Trinajstić information content (AvgIpc) is 2.32. The van der Waals surface area contributed by atoms with Gasteiger partial charge in [-0.15, -0.1) is 0 Å². The predicted molar refractivity (Wildman–Crippen MR) is 67.9 cm³/mol. The Morgan fingerprint density at radius 3 is 2.33 bits per heavy atom. The fourth-order valence-corrected chi connectivity index (χ4v) is 1.81. The zero-order chi connectivity index (χ0) is 13.3. The SMILES string of the molecule is O=S(=O)(O)CCCOCCOCc1ccccc1. The van der Waals surface area contributed by atoms with Gasteiger partial charge in [0.2, 0.25) is 0 Å². The summed E-state index contributed by atoms with van der Waals surface area (Å²) >= 11 is 0. The minimum absolute atomic E-state index is 0.266. The molecule has 18 heavy (non-hydrogen) atoms. The number of ether oxygens (including phenoxy) is 2. The van der Waals surface area contributed by atoms with E-state index in [9.17, 15) is 8.42 Å². The fourth-order valence-electron chi connectivity index (χ4n) is 1.33. The van der Waals surface area contributed by atoms with E-state index in [-0.39, 0.29) is 12.2 Å². The first-order valence-electron chi connectivity index (χ1n) is 5.72. The molecule has 6 heteroatoms. The van der Waals surface area contributed by atoms with Gasteiger partial charge in [-0.2, -0.15) is 8.42 Å². The Labute approximate surface area is 107 Å². The topological polar surface area (TPSA) is 72.8 Å². The van der Waals surface area contributed by atoms with Gasteiger partial charge in [0.15, 0.2) is 0 Å². The van der Waals surface area contributed by atoms with Crippen molar-refractivity contribution in [2.45, 2.75) is 13.0 Å². The molecule has 0 amide bonds. The largest absolute Gasteiger partial charge is 0.379 e. The smallest absolute Gasteiger partial charge is 0.264 e. The third kappa shape index (κ3) is 8.19. The van der Waals surface area contributed by atoms with Crippen molar-refractivity contribution in [3.05, 3.63) is 35.9 Å². The van der Waals surface area contributed by atoms with E-state index < -0.39 is 10.1 Å². The summed E-state index contributed by atoms with van der Waals surface area (Å²) < 4.78 is 39.8. The number of hydrogen-bond acceptors (Lipinski definition) is 4. The van der Waals surface area contributed by atoms with Crippen molar-refractivity contribution >= 4 is 10.1 Å². The third-order valence-electron chi connectivity index (χ3n) is 2.17. The monoisotopic (exact) mass is 274 g/mol. The number of hydrogen-bond donors (Lipinski definition) is 1. The second-order valence-electron chi connectivity index (χ2n) is 3.79. The second kappa shape index (κ2) is 8.20. The van der Waals surface area contributed by atoms with E-state index in [2.05, 4.69) is 0 Å². The number of benzene rings is 1. The van der Waals surface area contributed by atoms with Crippen LogP contribution in [0.4, 0.5) is 0 Å². The summed E-state index contributed by atoms with van der Waals surface area (Å²) in [5.74, 6) is -0.266. The zero-order valence-electron chi connectivity index (χ0n) is 10.1. The van der Waals surface area contributed by atoms with Crippen LogP contribution in [0.3, 0.4) is 0 Å². The Morgan fingerprint density at radius 1 is 1.00 bits per heavy atom. The molecule has 1 aromatic rings. The highest BCUT2D eigenvalue weighted by molar-refractivity contribution is 7.85. The summed E-state index contributed by atoms with van der Waals surface area (Å²) in [6.07, 6.45) is 0.289. The first kappa shape index (κ1) is 15.1. The normalized spacial score (nSPS) is 11.6. The van der Waals surface area contributed by atoms with Gasteiger partial charge in [-0.1, -0.05) is 30.3 Å². The lowest BCUT2D eigenvalue weighted by Gasteiger charge is -2.05. The molecule has 0 aromatic heterocycles. The van der Waals surface area contributed by atoms with Gasteiger partial charge in [-0.25, -0.2) is 0 Å². The van der Waals surface area contributed by atoms with E-state index in [4.69, 9.17) is 14.0 Å². The van der Waals surface area contributed by atoms with E-state index in [1.807, 2.05) is 30.3 Å². The Bertz CT molecular complexity index is 415. The van der Waals surface area contributed by atoms with E-state index >= 15 is 0 Å². The molecule has 0 atom stereocenters.